The normalized spacial score (nSPS) is 21.1. The molecule has 1 unspecified atom stereocenters. The van der Waals surface area contributed by atoms with E-state index in [1.807, 2.05) is 65.8 Å². The van der Waals surface area contributed by atoms with Gasteiger partial charge in [0.25, 0.3) is 0 Å². The summed E-state index contributed by atoms with van der Waals surface area (Å²) in [6.45, 7) is 11.9. The number of carbonyl (C=O) groups excluding carboxylic acids is 1. The van der Waals surface area contributed by atoms with Crippen molar-refractivity contribution in [3.8, 4) is 0 Å². The number of aliphatic hydroxyl groups excluding tert-OH is 1. The van der Waals surface area contributed by atoms with Crippen molar-refractivity contribution in [1.82, 2.24) is 4.90 Å². The highest BCUT2D eigenvalue weighted by atomic mass is 16.6. The molecule has 2 rings (SSSR count). The number of likely N-dealkylation sites (tertiary alicyclic amines) is 1. The fourth-order valence-electron chi connectivity index (χ4n) is 4.46. The first-order chi connectivity index (χ1) is 13.3. The van der Waals surface area contributed by atoms with E-state index < -0.39 is 17.6 Å². The molecule has 1 heterocycles. The monoisotopic (exact) mass is 405 g/mol. The third-order valence-corrected chi connectivity index (χ3v) is 5.43. The van der Waals surface area contributed by atoms with E-state index in [9.17, 15) is 19.8 Å². The Morgan fingerprint density at radius 3 is 2.31 bits per heavy atom. The van der Waals surface area contributed by atoms with Crippen LogP contribution in [0.4, 0.5) is 4.79 Å². The molecule has 1 saturated heterocycles. The molecular formula is C23H35NO5. The van der Waals surface area contributed by atoms with Gasteiger partial charge < -0.3 is 19.8 Å². The second-order valence-corrected chi connectivity index (χ2v) is 10.1. The summed E-state index contributed by atoms with van der Waals surface area (Å²) < 4.78 is 5.74. The molecule has 1 amide bonds. The van der Waals surface area contributed by atoms with E-state index in [4.69, 9.17) is 4.74 Å². The lowest BCUT2D eigenvalue weighted by atomic mass is 9.72. The largest absolute Gasteiger partial charge is 0.465 e. The summed E-state index contributed by atoms with van der Waals surface area (Å²) in [4.78, 5) is 26.5. The molecule has 0 spiro atoms. The van der Waals surface area contributed by atoms with Gasteiger partial charge in [-0.05, 0) is 56.1 Å². The number of esters is 1. The van der Waals surface area contributed by atoms with Crippen LogP contribution in [0.25, 0.3) is 0 Å². The molecule has 0 aliphatic carbocycles. The van der Waals surface area contributed by atoms with Crippen LogP contribution in [0.3, 0.4) is 0 Å². The number of rotatable bonds is 5. The Bertz CT molecular complexity index is 732. The number of carboxylic acid groups (broad SMARTS) is 1. The maximum absolute atomic E-state index is 13.2. The van der Waals surface area contributed by atoms with Crippen LogP contribution in [-0.2, 0) is 22.6 Å². The summed E-state index contributed by atoms with van der Waals surface area (Å²) in [6.07, 6.45) is 0.128. The van der Waals surface area contributed by atoms with Crippen LogP contribution >= 0.6 is 0 Å². The van der Waals surface area contributed by atoms with Gasteiger partial charge in [-0.15, -0.1) is 0 Å². The molecule has 162 valence electrons. The van der Waals surface area contributed by atoms with Crippen molar-refractivity contribution >= 4 is 12.1 Å². The van der Waals surface area contributed by atoms with E-state index in [0.717, 1.165) is 11.1 Å². The Morgan fingerprint density at radius 2 is 1.79 bits per heavy atom. The zero-order valence-electron chi connectivity index (χ0n) is 18.4. The van der Waals surface area contributed by atoms with E-state index in [-0.39, 0.29) is 30.0 Å². The molecule has 6 nitrogen and oxygen atoms in total. The summed E-state index contributed by atoms with van der Waals surface area (Å²) >= 11 is 0. The van der Waals surface area contributed by atoms with Gasteiger partial charge in [-0.2, -0.15) is 0 Å². The second-order valence-electron chi connectivity index (χ2n) is 10.1. The molecule has 0 saturated carbocycles. The van der Waals surface area contributed by atoms with Crippen molar-refractivity contribution in [3.63, 3.8) is 0 Å². The molecule has 1 aromatic carbocycles. The van der Waals surface area contributed by atoms with Gasteiger partial charge >= 0.3 is 12.1 Å². The number of nitrogens with zero attached hydrogens (tertiary/aromatic N) is 1. The summed E-state index contributed by atoms with van der Waals surface area (Å²) in [5.41, 5.74) is 0.794. The molecule has 3 atom stereocenters. The smallest absolute Gasteiger partial charge is 0.407 e. The first kappa shape index (κ1) is 23.2. The number of amides is 1. The fraction of sp³-hybridized carbons (Fsp3) is 0.652. The van der Waals surface area contributed by atoms with Crippen molar-refractivity contribution < 1.29 is 24.5 Å². The Kier molecular flexibility index (Phi) is 6.99. The highest BCUT2D eigenvalue weighted by Gasteiger charge is 2.49. The van der Waals surface area contributed by atoms with E-state index in [0.29, 0.717) is 19.4 Å². The molecule has 0 aromatic heterocycles. The van der Waals surface area contributed by atoms with Crippen LogP contribution in [0, 0.1) is 17.3 Å². The predicted molar refractivity (Wildman–Crippen MR) is 111 cm³/mol. The first-order valence-corrected chi connectivity index (χ1v) is 10.2. The SMILES string of the molecule is CC(C)(C)OC(=O)[C@@H](Cc1cccc(CO)c1)[C@H]1CCN(C(=O)O)C1C(C)(C)C. The van der Waals surface area contributed by atoms with E-state index in [2.05, 4.69) is 0 Å². The first-order valence-electron chi connectivity index (χ1n) is 10.2. The molecule has 2 N–H and O–H groups in total. The highest BCUT2D eigenvalue weighted by molar-refractivity contribution is 5.74. The van der Waals surface area contributed by atoms with Gasteiger partial charge in [-0.25, -0.2) is 4.79 Å². The number of carbonyl (C=O) groups is 2. The number of hydrogen-bond acceptors (Lipinski definition) is 4. The van der Waals surface area contributed by atoms with Crippen molar-refractivity contribution in [2.24, 2.45) is 17.3 Å². The molecule has 1 fully saturated rings. The third kappa shape index (κ3) is 5.95. The average Bonchev–Trinajstić information content (AvgIpc) is 3.03. The van der Waals surface area contributed by atoms with Gasteiger partial charge in [-0.3, -0.25) is 4.79 Å². The minimum absolute atomic E-state index is 0.0637. The predicted octanol–water partition coefficient (Wildman–Crippen LogP) is 4.09. The zero-order valence-corrected chi connectivity index (χ0v) is 18.4. The Hall–Kier alpha value is -2.08. The maximum atomic E-state index is 13.2. The molecule has 29 heavy (non-hydrogen) atoms. The number of ether oxygens (including phenoxy) is 1. The third-order valence-electron chi connectivity index (χ3n) is 5.43. The van der Waals surface area contributed by atoms with Crippen LogP contribution in [0.15, 0.2) is 24.3 Å². The maximum Gasteiger partial charge on any atom is 0.407 e. The summed E-state index contributed by atoms with van der Waals surface area (Å²) in [5, 5.41) is 19.2. The molecule has 1 aliphatic rings. The summed E-state index contributed by atoms with van der Waals surface area (Å²) in [7, 11) is 0. The lowest BCUT2D eigenvalue weighted by molar-refractivity contribution is -0.163. The highest BCUT2D eigenvalue weighted by Crippen LogP contribution is 2.42. The van der Waals surface area contributed by atoms with Gasteiger partial charge in [0.2, 0.25) is 0 Å². The number of benzene rings is 1. The zero-order chi connectivity index (χ0) is 22.0. The van der Waals surface area contributed by atoms with Crippen molar-refractivity contribution in [2.75, 3.05) is 6.54 Å². The quantitative estimate of drug-likeness (QED) is 0.721. The van der Waals surface area contributed by atoms with Gasteiger partial charge in [-0.1, -0.05) is 45.0 Å². The van der Waals surface area contributed by atoms with Crippen LogP contribution in [0.5, 0.6) is 0 Å². The molecule has 1 aliphatic heterocycles. The Labute approximate surface area is 173 Å². The van der Waals surface area contributed by atoms with Crippen molar-refractivity contribution in [2.45, 2.75) is 72.6 Å². The minimum Gasteiger partial charge on any atom is -0.465 e. The van der Waals surface area contributed by atoms with Crippen LogP contribution in [-0.4, -0.2) is 45.4 Å². The van der Waals surface area contributed by atoms with E-state index in [1.54, 1.807) is 0 Å². The van der Waals surface area contributed by atoms with Gasteiger partial charge in [0.15, 0.2) is 0 Å². The fourth-order valence-corrected chi connectivity index (χ4v) is 4.46. The topological polar surface area (TPSA) is 87.1 Å². The van der Waals surface area contributed by atoms with E-state index in [1.165, 1.54) is 4.90 Å². The van der Waals surface area contributed by atoms with Crippen LogP contribution < -0.4 is 0 Å². The standard InChI is InChI=1S/C23H35NO5/c1-22(2,3)19-17(10-11-24(19)21(27)28)18(20(26)29-23(4,5)6)13-15-8-7-9-16(12-15)14-25/h7-9,12,17-19,25H,10-11,13-14H2,1-6H3,(H,27,28)/t17-,18+,19?/m1/s1. The molecular weight excluding hydrogens is 370 g/mol. The average molecular weight is 406 g/mol. The van der Waals surface area contributed by atoms with Crippen molar-refractivity contribution in [3.05, 3.63) is 35.4 Å². The lowest BCUT2D eigenvalue weighted by Gasteiger charge is -2.39. The number of hydrogen-bond donors (Lipinski definition) is 2. The van der Waals surface area contributed by atoms with Crippen LogP contribution in [0.1, 0.15) is 59.1 Å². The molecule has 0 radical (unpaired) electrons. The summed E-state index contributed by atoms with van der Waals surface area (Å²) in [6, 6.07) is 7.26. The molecule has 0 bridgehead atoms. The van der Waals surface area contributed by atoms with Crippen LogP contribution in [0.2, 0.25) is 0 Å². The summed E-state index contributed by atoms with van der Waals surface area (Å²) in [5.74, 6) is -0.895. The Balaban J connectivity index is 2.42. The minimum atomic E-state index is -0.947. The van der Waals surface area contributed by atoms with Gasteiger partial charge in [0.1, 0.15) is 5.60 Å². The van der Waals surface area contributed by atoms with Gasteiger partial charge in [0.05, 0.1) is 12.5 Å². The molecule has 1 aromatic rings. The molecule has 6 heteroatoms. The number of aliphatic hydroxyl groups is 1. The second kappa shape index (κ2) is 8.74. The lowest BCUT2D eigenvalue weighted by Crippen LogP contribution is -2.48. The van der Waals surface area contributed by atoms with Crippen molar-refractivity contribution in [1.29, 1.82) is 0 Å². The Morgan fingerprint density at radius 1 is 1.17 bits per heavy atom. The van der Waals surface area contributed by atoms with Gasteiger partial charge in [0, 0.05) is 12.6 Å². The van der Waals surface area contributed by atoms with E-state index >= 15 is 0 Å².